The van der Waals surface area contributed by atoms with Crippen LogP contribution >= 0.6 is 0 Å². The SMILES string of the molecule is O=C(CCC1CCOC2(CCCCC2)C1)C1CC1. The van der Waals surface area contributed by atoms with E-state index in [9.17, 15) is 4.79 Å². The van der Waals surface area contributed by atoms with Gasteiger partial charge >= 0.3 is 0 Å². The number of Topliss-reactive ketones (excluding diaryl/α,β-unsaturated/α-hetero) is 1. The highest BCUT2D eigenvalue weighted by Crippen LogP contribution is 2.42. The van der Waals surface area contributed by atoms with Gasteiger partial charge in [0.25, 0.3) is 0 Å². The first-order valence-corrected chi connectivity index (χ1v) is 7.94. The molecule has 1 heterocycles. The smallest absolute Gasteiger partial charge is 0.135 e. The summed E-state index contributed by atoms with van der Waals surface area (Å²) in [6.45, 7) is 0.933. The highest BCUT2D eigenvalue weighted by molar-refractivity contribution is 5.83. The normalized spacial score (nSPS) is 31.4. The summed E-state index contributed by atoms with van der Waals surface area (Å²) in [4.78, 5) is 11.8. The second-order valence-corrected chi connectivity index (χ2v) is 6.73. The molecule has 2 nitrogen and oxygen atoms in total. The molecule has 102 valence electrons. The molecule has 2 saturated carbocycles. The van der Waals surface area contributed by atoms with Crippen LogP contribution in [0.5, 0.6) is 0 Å². The van der Waals surface area contributed by atoms with Gasteiger partial charge in [0.15, 0.2) is 0 Å². The van der Waals surface area contributed by atoms with Crippen LogP contribution in [0.25, 0.3) is 0 Å². The molecule has 1 aliphatic heterocycles. The van der Waals surface area contributed by atoms with Crippen LogP contribution in [0.1, 0.15) is 70.6 Å². The Balaban J connectivity index is 1.48. The first-order valence-electron chi connectivity index (χ1n) is 7.94. The Morgan fingerprint density at radius 1 is 1.11 bits per heavy atom. The predicted octanol–water partition coefficient (Wildman–Crippen LogP) is 3.88. The van der Waals surface area contributed by atoms with Gasteiger partial charge in [0.05, 0.1) is 5.60 Å². The Morgan fingerprint density at radius 3 is 2.61 bits per heavy atom. The van der Waals surface area contributed by atoms with E-state index in [1.165, 1.54) is 44.9 Å². The van der Waals surface area contributed by atoms with Crippen molar-refractivity contribution in [2.24, 2.45) is 11.8 Å². The molecule has 3 fully saturated rings. The van der Waals surface area contributed by atoms with Gasteiger partial charge in [-0.3, -0.25) is 4.79 Å². The molecule has 0 aromatic heterocycles. The molecule has 1 unspecified atom stereocenters. The van der Waals surface area contributed by atoms with Crippen molar-refractivity contribution in [3.63, 3.8) is 0 Å². The van der Waals surface area contributed by atoms with E-state index in [2.05, 4.69) is 0 Å². The van der Waals surface area contributed by atoms with E-state index in [1.54, 1.807) is 0 Å². The van der Waals surface area contributed by atoms with Gasteiger partial charge in [0.2, 0.25) is 0 Å². The van der Waals surface area contributed by atoms with E-state index in [1.807, 2.05) is 0 Å². The van der Waals surface area contributed by atoms with E-state index in [-0.39, 0.29) is 5.60 Å². The summed E-state index contributed by atoms with van der Waals surface area (Å²) < 4.78 is 6.12. The summed E-state index contributed by atoms with van der Waals surface area (Å²) in [6.07, 6.45) is 13.3. The molecule has 2 heteroatoms. The topological polar surface area (TPSA) is 26.3 Å². The van der Waals surface area contributed by atoms with Crippen molar-refractivity contribution >= 4 is 5.78 Å². The van der Waals surface area contributed by atoms with Crippen molar-refractivity contribution in [3.05, 3.63) is 0 Å². The standard InChI is InChI=1S/C16H26O2/c17-15(14-5-6-14)7-4-13-8-11-18-16(12-13)9-2-1-3-10-16/h13-14H,1-12H2. The fourth-order valence-corrected chi connectivity index (χ4v) is 3.88. The fourth-order valence-electron chi connectivity index (χ4n) is 3.88. The lowest BCUT2D eigenvalue weighted by atomic mass is 9.75. The number of carbonyl (C=O) groups excluding carboxylic acids is 1. The zero-order chi connectivity index (χ0) is 12.4. The third kappa shape index (κ3) is 2.96. The molecule has 0 radical (unpaired) electrons. The molecule has 1 atom stereocenters. The Labute approximate surface area is 110 Å². The van der Waals surface area contributed by atoms with Crippen molar-refractivity contribution in [2.75, 3.05) is 6.61 Å². The molecule has 1 spiro atoms. The van der Waals surface area contributed by atoms with E-state index < -0.39 is 0 Å². The largest absolute Gasteiger partial charge is 0.375 e. The zero-order valence-corrected chi connectivity index (χ0v) is 11.5. The van der Waals surface area contributed by atoms with Crippen LogP contribution in [-0.4, -0.2) is 18.0 Å². The van der Waals surface area contributed by atoms with Crippen molar-refractivity contribution in [2.45, 2.75) is 76.2 Å². The fraction of sp³-hybridized carbons (Fsp3) is 0.938. The van der Waals surface area contributed by atoms with Crippen LogP contribution in [0.2, 0.25) is 0 Å². The maximum atomic E-state index is 11.8. The molecule has 2 aliphatic carbocycles. The summed E-state index contributed by atoms with van der Waals surface area (Å²) in [5.41, 5.74) is 0.212. The molecular formula is C16H26O2. The average Bonchev–Trinajstić information content (AvgIpc) is 3.21. The summed E-state index contributed by atoms with van der Waals surface area (Å²) in [5.74, 6) is 1.74. The highest BCUT2D eigenvalue weighted by Gasteiger charge is 2.38. The second kappa shape index (κ2) is 5.32. The minimum atomic E-state index is 0.212. The Bertz CT molecular complexity index is 295. The van der Waals surface area contributed by atoms with Crippen LogP contribution in [0.4, 0.5) is 0 Å². The third-order valence-corrected chi connectivity index (χ3v) is 5.19. The van der Waals surface area contributed by atoms with Gasteiger partial charge in [-0.05, 0) is 50.9 Å². The highest BCUT2D eigenvalue weighted by atomic mass is 16.5. The maximum absolute atomic E-state index is 11.8. The zero-order valence-electron chi connectivity index (χ0n) is 11.5. The second-order valence-electron chi connectivity index (χ2n) is 6.73. The van der Waals surface area contributed by atoms with Crippen LogP contribution in [0, 0.1) is 11.8 Å². The quantitative estimate of drug-likeness (QED) is 0.757. The lowest BCUT2D eigenvalue weighted by Gasteiger charge is -2.43. The number of rotatable bonds is 4. The van der Waals surface area contributed by atoms with Gasteiger partial charge in [-0.25, -0.2) is 0 Å². The van der Waals surface area contributed by atoms with Crippen LogP contribution in [0.3, 0.4) is 0 Å². The molecule has 18 heavy (non-hydrogen) atoms. The molecule has 1 saturated heterocycles. The molecule has 3 rings (SSSR count). The molecule has 3 aliphatic rings. The van der Waals surface area contributed by atoms with Crippen LogP contribution in [-0.2, 0) is 9.53 Å². The average molecular weight is 250 g/mol. The first-order chi connectivity index (χ1) is 8.77. The minimum absolute atomic E-state index is 0.212. The van der Waals surface area contributed by atoms with E-state index in [4.69, 9.17) is 4.74 Å². The van der Waals surface area contributed by atoms with E-state index >= 15 is 0 Å². The van der Waals surface area contributed by atoms with Gasteiger partial charge in [-0.15, -0.1) is 0 Å². The van der Waals surface area contributed by atoms with Gasteiger partial charge in [-0.2, -0.15) is 0 Å². The lowest BCUT2D eigenvalue weighted by molar-refractivity contribution is -0.125. The molecule has 0 aromatic carbocycles. The van der Waals surface area contributed by atoms with Crippen LogP contribution < -0.4 is 0 Å². The number of ether oxygens (including phenoxy) is 1. The molecule has 0 N–H and O–H groups in total. The van der Waals surface area contributed by atoms with Crippen molar-refractivity contribution in [3.8, 4) is 0 Å². The first kappa shape index (κ1) is 12.7. The molecule has 0 amide bonds. The Kier molecular flexibility index (Phi) is 3.74. The third-order valence-electron chi connectivity index (χ3n) is 5.19. The van der Waals surface area contributed by atoms with Crippen LogP contribution in [0.15, 0.2) is 0 Å². The molecular weight excluding hydrogens is 224 g/mol. The van der Waals surface area contributed by atoms with Gasteiger partial charge in [0, 0.05) is 18.9 Å². The number of carbonyl (C=O) groups is 1. The number of hydrogen-bond donors (Lipinski definition) is 0. The number of ketones is 1. The summed E-state index contributed by atoms with van der Waals surface area (Å²) in [6, 6.07) is 0. The van der Waals surface area contributed by atoms with E-state index in [0.29, 0.717) is 11.7 Å². The Hall–Kier alpha value is -0.370. The van der Waals surface area contributed by atoms with Gasteiger partial charge in [0.1, 0.15) is 5.78 Å². The Morgan fingerprint density at radius 2 is 1.89 bits per heavy atom. The number of hydrogen-bond acceptors (Lipinski definition) is 2. The summed E-state index contributed by atoms with van der Waals surface area (Å²) in [7, 11) is 0. The van der Waals surface area contributed by atoms with Crippen molar-refractivity contribution in [1.82, 2.24) is 0 Å². The van der Waals surface area contributed by atoms with E-state index in [0.717, 1.165) is 38.2 Å². The van der Waals surface area contributed by atoms with Crippen molar-refractivity contribution in [1.29, 1.82) is 0 Å². The molecule has 0 aromatic rings. The summed E-state index contributed by atoms with van der Waals surface area (Å²) >= 11 is 0. The lowest BCUT2D eigenvalue weighted by Crippen LogP contribution is -2.41. The summed E-state index contributed by atoms with van der Waals surface area (Å²) in [5, 5.41) is 0. The monoisotopic (exact) mass is 250 g/mol. The minimum Gasteiger partial charge on any atom is -0.375 e. The molecule has 0 bridgehead atoms. The maximum Gasteiger partial charge on any atom is 0.135 e. The van der Waals surface area contributed by atoms with Gasteiger partial charge < -0.3 is 4.74 Å². The predicted molar refractivity (Wildman–Crippen MR) is 71.5 cm³/mol. The van der Waals surface area contributed by atoms with Gasteiger partial charge in [-0.1, -0.05) is 19.3 Å². The van der Waals surface area contributed by atoms with Crippen molar-refractivity contribution < 1.29 is 9.53 Å².